The second-order valence-corrected chi connectivity index (χ2v) is 6.30. The summed E-state index contributed by atoms with van der Waals surface area (Å²) in [7, 11) is 0. The number of benzene rings is 1. The normalized spacial score (nSPS) is 14.1. The Morgan fingerprint density at radius 3 is 2.50 bits per heavy atom. The van der Waals surface area contributed by atoms with Crippen molar-refractivity contribution in [2.75, 3.05) is 0 Å². The Morgan fingerprint density at radius 1 is 1.32 bits per heavy atom. The minimum Gasteiger partial charge on any atom is -0.388 e. The topological polar surface area (TPSA) is 78.4 Å². The van der Waals surface area contributed by atoms with Crippen molar-refractivity contribution in [1.82, 2.24) is 10.6 Å². The Kier molecular flexibility index (Phi) is 6.05. The third-order valence-electron chi connectivity index (χ3n) is 2.88. The van der Waals surface area contributed by atoms with Gasteiger partial charge in [0.2, 0.25) is 11.8 Å². The molecule has 1 aromatic carbocycles. The molecule has 122 valence electrons. The van der Waals surface area contributed by atoms with Crippen LogP contribution in [0.2, 0.25) is 0 Å². The fraction of sp³-hybridized carbons (Fsp3) is 0.500. The van der Waals surface area contributed by atoms with Crippen molar-refractivity contribution in [1.29, 1.82) is 0 Å². The fourth-order valence-electron chi connectivity index (χ4n) is 1.85. The summed E-state index contributed by atoms with van der Waals surface area (Å²) in [5.41, 5.74) is -0.0705. The van der Waals surface area contributed by atoms with E-state index >= 15 is 0 Å². The Balaban J connectivity index is 2.53. The summed E-state index contributed by atoms with van der Waals surface area (Å²) < 4.78 is 13.1. The van der Waals surface area contributed by atoms with E-state index in [-0.39, 0.29) is 12.3 Å². The second kappa shape index (κ2) is 7.35. The van der Waals surface area contributed by atoms with Gasteiger partial charge in [-0.3, -0.25) is 9.59 Å². The lowest BCUT2D eigenvalue weighted by Crippen LogP contribution is -2.51. The SMILES string of the molecule is CC(NC(=O)CC(O)c1cccc(F)c1)C(=O)NC(C)(C)C. The zero-order valence-corrected chi connectivity index (χ0v) is 13.3. The maximum Gasteiger partial charge on any atom is 0.242 e. The highest BCUT2D eigenvalue weighted by Gasteiger charge is 2.22. The van der Waals surface area contributed by atoms with E-state index in [1.54, 1.807) is 6.92 Å². The molecule has 0 aliphatic carbocycles. The van der Waals surface area contributed by atoms with E-state index in [1.165, 1.54) is 24.3 Å². The maximum atomic E-state index is 13.1. The predicted molar refractivity (Wildman–Crippen MR) is 81.5 cm³/mol. The molecule has 6 heteroatoms. The lowest BCUT2D eigenvalue weighted by molar-refractivity contribution is -0.130. The number of amides is 2. The number of halogens is 1. The lowest BCUT2D eigenvalue weighted by atomic mass is 10.1. The second-order valence-electron chi connectivity index (χ2n) is 6.30. The van der Waals surface area contributed by atoms with Crippen LogP contribution in [0.15, 0.2) is 24.3 Å². The summed E-state index contributed by atoms with van der Waals surface area (Å²) in [6.07, 6.45) is -1.36. The molecule has 0 fully saturated rings. The Labute approximate surface area is 129 Å². The number of rotatable bonds is 5. The summed E-state index contributed by atoms with van der Waals surface area (Å²) >= 11 is 0. The molecule has 5 nitrogen and oxygen atoms in total. The van der Waals surface area contributed by atoms with Crippen LogP contribution < -0.4 is 10.6 Å². The first-order valence-electron chi connectivity index (χ1n) is 7.13. The average Bonchev–Trinajstić information content (AvgIpc) is 2.36. The molecule has 1 rings (SSSR count). The largest absolute Gasteiger partial charge is 0.388 e. The number of nitrogens with one attached hydrogen (secondary N) is 2. The molecule has 0 bridgehead atoms. The lowest BCUT2D eigenvalue weighted by Gasteiger charge is -2.24. The van der Waals surface area contributed by atoms with Crippen LogP contribution in [0.25, 0.3) is 0 Å². The van der Waals surface area contributed by atoms with Crippen LogP contribution in [0.3, 0.4) is 0 Å². The first kappa shape index (κ1) is 18.1. The Bertz CT molecular complexity index is 540. The average molecular weight is 310 g/mol. The Hall–Kier alpha value is -1.95. The molecule has 2 atom stereocenters. The molecule has 22 heavy (non-hydrogen) atoms. The summed E-state index contributed by atoms with van der Waals surface area (Å²) in [6.45, 7) is 7.08. The highest BCUT2D eigenvalue weighted by Crippen LogP contribution is 2.17. The van der Waals surface area contributed by atoms with E-state index in [9.17, 15) is 19.1 Å². The summed E-state index contributed by atoms with van der Waals surface area (Å²) in [6, 6.07) is 4.72. The standard InChI is InChI=1S/C16H23FN2O3/c1-10(15(22)19-16(2,3)4)18-14(21)9-13(20)11-6-5-7-12(17)8-11/h5-8,10,13,20H,9H2,1-4H3,(H,18,21)(H,19,22). The molecule has 0 saturated carbocycles. The van der Waals surface area contributed by atoms with E-state index in [0.717, 1.165) is 0 Å². The molecule has 0 radical (unpaired) electrons. The summed E-state index contributed by atoms with van der Waals surface area (Å²) in [4.78, 5) is 23.7. The van der Waals surface area contributed by atoms with Gasteiger partial charge in [-0.2, -0.15) is 0 Å². The van der Waals surface area contributed by atoms with E-state index in [4.69, 9.17) is 0 Å². The van der Waals surface area contributed by atoms with Crippen molar-refractivity contribution >= 4 is 11.8 Å². The van der Waals surface area contributed by atoms with Gasteiger partial charge in [-0.05, 0) is 45.4 Å². The zero-order chi connectivity index (χ0) is 16.9. The van der Waals surface area contributed by atoms with Crippen LogP contribution in [0.5, 0.6) is 0 Å². The highest BCUT2D eigenvalue weighted by molar-refractivity contribution is 5.87. The van der Waals surface area contributed by atoms with Crippen molar-refractivity contribution < 1.29 is 19.1 Å². The third-order valence-corrected chi connectivity index (χ3v) is 2.88. The maximum absolute atomic E-state index is 13.1. The molecule has 2 amide bonds. The van der Waals surface area contributed by atoms with Gasteiger partial charge < -0.3 is 15.7 Å². The van der Waals surface area contributed by atoms with E-state index in [0.29, 0.717) is 5.56 Å². The highest BCUT2D eigenvalue weighted by atomic mass is 19.1. The molecule has 3 N–H and O–H groups in total. The number of aliphatic hydroxyl groups excluding tert-OH is 1. The number of hydrogen-bond acceptors (Lipinski definition) is 3. The molecule has 0 aromatic heterocycles. The molecular formula is C16H23FN2O3. The summed E-state index contributed by atoms with van der Waals surface area (Å²) in [5, 5.41) is 15.2. The van der Waals surface area contributed by atoms with Crippen LogP contribution in [0.1, 0.15) is 45.8 Å². The first-order valence-corrected chi connectivity index (χ1v) is 7.13. The Morgan fingerprint density at radius 2 is 1.95 bits per heavy atom. The number of carbonyl (C=O) groups is 2. The van der Waals surface area contributed by atoms with Crippen molar-refractivity contribution in [2.45, 2.75) is 51.8 Å². The van der Waals surface area contributed by atoms with Crippen LogP contribution in [-0.2, 0) is 9.59 Å². The van der Waals surface area contributed by atoms with Gasteiger partial charge in [0, 0.05) is 5.54 Å². The van der Waals surface area contributed by atoms with Crippen LogP contribution in [0.4, 0.5) is 4.39 Å². The predicted octanol–water partition coefficient (Wildman–Crippen LogP) is 1.67. The monoisotopic (exact) mass is 310 g/mol. The van der Waals surface area contributed by atoms with Crippen molar-refractivity contribution in [3.8, 4) is 0 Å². The van der Waals surface area contributed by atoms with Crippen LogP contribution >= 0.6 is 0 Å². The number of aliphatic hydroxyl groups is 1. The minimum atomic E-state index is -1.12. The van der Waals surface area contributed by atoms with Gasteiger partial charge in [0.15, 0.2) is 0 Å². The van der Waals surface area contributed by atoms with Gasteiger partial charge in [0.25, 0.3) is 0 Å². The number of carbonyl (C=O) groups excluding carboxylic acids is 2. The third kappa shape index (κ3) is 6.22. The molecule has 0 aliphatic heterocycles. The molecule has 0 aliphatic rings. The number of hydrogen-bond donors (Lipinski definition) is 3. The minimum absolute atomic E-state index is 0.239. The molecular weight excluding hydrogens is 287 g/mol. The van der Waals surface area contributed by atoms with E-state index < -0.39 is 29.4 Å². The fourth-order valence-corrected chi connectivity index (χ4v) is 1.85. The van der Waals surface area contributed by atoms with Gasteiger partial charge in [-0.1, -0.05) is 12.1 Å². The smallest absolute Gasteiger partial charge is 0.242 e. The van der Waals surface area contributed by atoms with Gasteiger partial charge >= 0.3 is 0 Å². The van der Waals surface area contributed by atoms with Crippen molar-refractivity contribution in [3.63, 3.8) is 0 Å². The molecule has 0 heterocycles. The van der Waals surface area contributed by atoms with Crippen molar-refractivity contribution in [3.05, 3.63) is 35.6 Å². The van der Waals surface area contributed by atoms with Gasteiger partial charge in [0.05, 0.1) is 12.5 Å². The molecule has 0 saturated heterocycles. The van der Waals surface area contributed by atoms with Crippen LogP contribution in [-0.4, -0.2) is 28.5 Å². The summed E-state index contributed by atoms with van der Waals surface area (Å²) in [5.74, 6) is -1.26. The molecule has 0 spiro atoms. The van der Waals surface area contributed by atoms with Gasteiger partial charge in [-0.15, -0.1) is 0 Å². The van der Waals surface area contributed by atoms with E-state index in [1.807, 2.05) is 20.8 Å². The zero-order valence-electron chi connectivity index (χ0n) is 13.3. The quantitative estimate of drug-likeness (QED) is 0.774. The van der Waals surface area contributed by atoms with Gasteiger partial charge in [0.1, 0.15) is 11.9 Å². The van der Waals surface area contributed by atoms with Crippen molar-refractivity contribution in [2.24, 2.45) is 0 Å². The van der Waals surface area contributed by atoms with Crippen LogP contribution in [0, 0.1) is 5.82 Å². The first-order chi connectivity index (χ1) is 10.1. The van der Waals surface area contributed by atoms with Gasteiger partial charge in [-0.25, -0.2) is 4.39 Å². The molecule has 2 unspecified atom stereocenters. The molecule has 1 aromatic rings. The van der Waals surface area contributed by atoms with E-state index in [2.05, 4.69) is 10.6 Å².